The molecule has 0 radical (unpaired) electrons. The van der Waals surface area contributed by atoms with E-state index in [0.717, 1.165) is 0 Å². The van der Waals surface area contributed by atoms with Crippen molar-refractivity contribution in [1.82, 2.24) is 4.98 Å². The SMILES string of the molecule is CN(C(=O)Cc1ccc(F)cc1)c1ccc(-c2cc(C(N)=O)ccc2Cl)cn1. The molecule has 1 heterocycles. The molecule has 0 saturated carbocycles. The zero-order chi connectivity index (χ0) is 20.3. The number of pyridine rings is 1. The van der Waals surface area contributed by atoms with Crippen LogP contribution in [0.3, 0.4) is 0 Å². The minimum atomic E-state index is -0.548. The third-order valence-corrected chi connectivity index (χ3v) is 4.63. The lowest BCUT2D eigenvalue weighted by atomic mass is 10.0. The van der Waals surface area contributed by atoms with Gasteiger partial charge in [0.2, 0.25) is 11.8 Å². The third kappa shape index (κ3) is 4.35. The van der Waals surface area contributed by atoms with Gasteiger partial charge in [-0.25, -0.2) is 9.37 Å². The average molecular weight is 398 g/mol. The predicted octanol–water partition coefficient (Wildman–Crippen LogP) is 3.85. The van der Waals surface area contributed by atoms with Crippen LogP contribution in [0.1, 0.15) is 15.9 Å². The van der Waals surface area contributed by atoms with E-state index in [1.165, 1.54) is 17.0 Å². The van der Waals surface area contributed by atoms with Crippen LogP contribution in [0, 0.1) is 5.82 Å². The molecule has 2 amide bonds. The fourth-order valence-corrected chi connectivity index (χ4v) is 2.89. The van der Waals surface area contributed by atoms with Gasteiger partial charge in [-0.1, -0.05) is 23.7 Å². The first-order valence-corrected chi connectivity index (χ1v) is 8.79. The maximum Gasteiger partial charge on any atom is 0.248 e. The average Bonchev–Trinajstić information content (AvgIpc) is 2.69. The molecule has 0 spiro atoms. The van der Waals surface area contributed by atoms with E-state index in [9.17, 15) is 14.0 Å². The van der Waals surface area contributed by atoms with Gasteiger partial charge >= 0.3 is 0 Å². The molecule has 0 unspecified atom stereocenters. The van der Waals surface area contributed by atoms with E-state index in [1.54, 1.807) is 55.7 Å². The van der Waals surface area contributed by atoms with Crippen molar-refractivity contribution in [2.75, 3.05) is 11.9 Å². The van der Waals surface area contributed by atoms with E-state index in [0.29, 0.717) is 33.1 Å². The molecule has 0 fully saturated rings. The molecule has 3 rings (SSSR count). The first kappa shape index (κ1) is 19.5. The van der Waals surface area contributed by atoms with Crippen LogP contribution in [0.5, 0.6) is 0 Å². The summed E-state index contributed by atoms with van der Waals surface area (Å²) in [6.45, 7) is 0. The number of halogens is 2. The van der Waals surface area contributed by atoms with Crippen molar-refractivity contribution in [3.05, 3.63) is 82.8 Å². The second-order valence-corrected chi connectivity index (χ2v) is 6.63. The number of nitrogens with zero attached hydrogens (tertiary/aromatic N) is 2. The van der Waals surface area contributed by atoms with Crippen molar-refractivity contribution in [2.24, 2.45) is 5.73 Å². The largest absolute Gasteiger partial charge is 0.366 e. The van der Waals surface area contributed by atoms with Crippen LogP contribution in [0.4, 0.5) is 10.2 Å². The zero-order valence-electron chi connectivity index (χ0n) is 15.0. The lowest BCUT2D eigenvalue weighted by Crippen LogP contribution is -2.28. The highest BCUT2D eigenvalue weighted by atomic mass is 35.5. The number of carbonyl (C=O) groups excluding carboxylic acids is 2. The third-order valence-electron chi connectivity index (χ3n) is 4.30. The molecule has 2 N–H and O–H groups in total. The summed E-state index contributed by atoms with van der Waals surface area (Å²) in [7, 11) is 1.62. The Balaban J connectivity index is 1.78. The van der Waals surface area contributed by atoms with Crippen LogP contribution in [0.25, 0.3) is 11.1 Å². The highest BCUT2D eigenvalue weighted by Gasteiger charge is 2.14. The monoisotopic (exact) mass is 397 g/mol. The number of likely N-dealkylation sites (N-methyl/N-ethyl adjacent to an activating group) is 1. The van der Waals surface area contributed by atoms with E-state index in [-0.39, 0.29) is 18.1 Å². The molecule has 28 heavy (non-hydrogen) atoms. The van der Waals surface area contributed by atoms with Crippen LogP contribution in [0.15, 0.2) is 60.8 Å². The number of aromatic nitrogens is 1. The van der Waals surface area contributed by atoms with Gasteiger partial charge in [-0.05, 0) is 48.0 Å². The molecule has 3 aromatic rings. The van der Waals surface area contributed by atoms with Gasteiger partial charge in [0.25, 0.3) is 0 Å². The second-order valence-electron chi connectivity index (χ2n) is 6.22. The Morgan fingerprint density at radius 3 is 2.43 bits per heavy atom. The van der Waals surface area contributed by atoms with Gasteiger partial charge < -0.3 is 5.73 Å². The van der Waals surface area contributed by atoms with Gasteiger partial charge in [-0.3, -0.25) is 14.5 Å². The number of benzene rings is 2. The number of anilines is 1. The predicted molar refractivity (Wildman–Crippen MR) is 107 cm³/mol. The molecule has 0 bridgehead atoms. The van der Waals surface area contributed by atoms with Crippen LogP contribution in [0.2, 0.25) is 5.02 Å². The summed E-state index contributed by atoms with van der Waals surface area (Å²) in [6, 6.07) is 14.0. The standard InChI is InChI=1S/C21H17ClFN3O2/c1-26(20(27)10-13-2-6-16(23)7-3-13)19-9-5-15(12-25-19)17-11-14(21(24)28)4-8-18(17)22/h2-9,11-12H,10H2,1H3,(H2,24,28). The van der Waals surface area contributed by atoms with E-state index >= 15 is 0 Å². The molecule has 0 aliphatic carbocycles. The number of nitrogens with two attached hydrogens (primary N) is 1. The number of primary amides is 1. The van der Waals surface area contributed by atoms with Crippen molar-refractivity contribution >= 4 is 29.2 Å². The van der Waals surface area contributed by atoms with Gasteiger partial charge in [0.15, 0.2) is 0 Å². The maximum absolute atomic E-state index is 13.0. The van der Waals surface area contributed by atoms with E-state index in [4.69, 9.17) is 17.3 Å². The smallest absolute Gasteiger partial charge is 0.248 e. The highest BCUT2D eigenvalue weighted by molar-refractivity contribution is 6.33. The summed E-state index contributed by atoms with van der Waals surface area (Å²) in [5.41, 5.74) is 7.69. The van der Waals surface area contributed by atoms with Gasteiger partial charge in [0.1, 0.15) is 11.6 Å². The second kappa shape index (κ2) is 8.19. The summed E-state index contributed by atoms with van der Waals surface area (Å²) in [6.07, 6.45) is 1.70. The minimum Gasteiger partial charge on any atom is -0.366 e. The molecular weight excluding hydrogens is 381 g/mol. The maximum atomic E-state index is 13.0. The Kier molecular flexibility index (Phi) is 5.70. The summed E-state index contributed by atoms with van der Waals surface area (Å²) in [5, 5.41) is 0.459. The molecule has 142 valence electrons. The summed E-state index contributed by atoms with van der Waals surface area (Å²) in [5.74, 6) is -0.617. The van der Waals surface area contributed by atoms with Gasteiger partial charge in [0, 0.05) is 35.0 Å². The normalized spacial score (nSPS) is 10.5. The van der Waals surface area contributed by atoms with Crippen molar-refractivity contribution in [1.29, 1.82) is 0 Å². The zero-order valence-corrected chi connectivity index (χ0v) is 15.8. The van der Waals surface area contributed by atoms with Crippen molar-refractivity contribution in [3.63, 3.8) is 0 Å². The molecule has 0 atom stereocenters. The Labute approximate surface area is 166 Å². The van der Waals surface area contributed by atoms with Crippen LogP contribution >= 0.6 is 11.6 Å². The van der Waals surface area contributed by atoms with Crippen LogP contribution < -0.4 is 10.6 Å². The van der Waals surface area contributed by atoms with Crippen molar-refractivity contribution in [3.8, 4) is 11.1 Å². The minimum absolute atomic E-state index is 0.132. The number of rotatable bonds is 5. The molecule has 0 aliphatic heterocycles. The quantitative estimate of drug-likeness (QED) is 0.710. The number of hydrogen-bond donors (Lipinski definition) is 1. The van der Waals surface area contributed by atoms with Crippen LogP contribution in [-0.2, 0) is 11.2 Å². The highest BCUT2D eigenvalue weighted by Crippen LogP contribution is 2.29. The molecular formula is C21H17ClFN3O2. The first-order valence-electron chi connectivity index (χ1n) is 8.42. The topological polar surface area (TPSA) is 76.3 Å². The molecule has 0 saturated heterocycles. The van der Waals surface area contributed by atoms with E-state index in [2.05, 4.69) is 4.98 Å². The first-order chi connectivity index (χ1) is 13.3. The summed E-state index contributed by atoms with van der Waals surface area (Å²) in [4.78, 5) is 29.6. The Morgan fingerprint density at radius 2 is 1.82 bits per heavy atom. The summed E-state index contributed by atoms with van der Waals surface area (Å²) >= 11 is 6.22. The Hall–Kier alpha value is -3.25. The Bertz CT molecular complexity index is 1020. The molecule has 5 nitrogen and oxygen atoms in total. The number of amides is 2. The number of carbonyl (C=O) groups is 2. The Morgan fingerprint density at radius 1 is 1.11 bits per heavy atom. The fourth-order valence-electron chi connectivity index (χ4n) is 2.67. The van der Waals surface area contributed by atoms with E-state index in [1.807, 2.05) is 0 Å². The van der Waals surface area contributed by atoms with Gasteiger partial charge in [-0.2, -0.15) is 0 Å². The van der Waals surface area contributed by atoms with Crippen molar-refractivity contribution < 1.29 is 14.0 Å². The van der Waals surface area contributed by atoms with E-state index < -0.39 is 5.91 Å². The fraction of sp³-hybridized carbons (Fsp3) is 0.0952. The lowest BCUT2D eigenvalue weighted by Gasteiger charge is -2.17. The van der Waals surface area contributed by atoms with Gasteiger partial charge in [0.05, 0.1) is 6.42 Å². The molecule has 1 aromatic heterocycles. The van der Waals surface area contributed by atoms with Crippen LogP contribution in [-0.4, -0.2) is 23.8 Å². The number of hydrogen-bond acceptors (Lipinski definition) is 3. The molecule has 7 heteroatoms. The van der Waals surface area contributed by atoms with Crippen molar-refractivity contribution in [2.45, 2.75) is 6.42 Å². The van der Waals surface area contributed by atoms with Gasteiger partial charge in [-0.15, -0.1) is 0 Å². The molecule has 2 aromatic carbocycles. The molecule has 0 aliphatic rings. The lowest BCUT2D eigenvalue weighted by molar-refractivity contribution is -0.117. The summed E-state index contributed by atoms with van der Waals surface area (Å²) < 4.78 is 13.0.